The van der Waals surface area contributed by atoms with Gasteiger partial charge in [-0.05, 0) is 6.92 Å². The predicted octanol–water partition coefficient (Wildman–Crippen LogP) is 1.04. The summed E-state index contributed by atoms with van der Waals surface area (Å²) in [5, 5.41) is 0. The third-order valence-electron chi connectivity index (χ3n) is 1.64. The zero-order valence-electron chi connectivity index (χ0n) is 8.56. The van der Waals surface area contributed by atoms with Crippen molar-refractivity contribution in [2.45, 2.75) is 6.92 Å². The Morgan fingerprint density at radius 1 is 1.36 bits per heavy atom. The molecule has 0 radical (unpaired) electrons. The number of rotatable bonds is 3. The summed E-state index contributed by atoms with van der Waals surface area (Å²) >= 11 is 0. The van der Waals surface area contributed by atoms with Crippen LogP contribution in [0.3, 0.4) is 0 Å². The highest BCUT2D eigenvalue weighted by molar-refractivity contribution is 6.03. The van der Waals surface area contributed by atoms with Crippen molar-refractivity contribution in [1.29, 1.82) is 0 Å². The first-order valence-corrected chi connectivity index (χ1v) is 4.28. The van der Waals surface area contributed by atoms with Gasteiger partial charge in [-0.1, -0.05) is 0 Å². The minimum absolute atomic E-state index is 0.121. The van der Waals surface area contributed by atoms with Crippen LogP contribution in [-0.4, -0.2) is 34.7 Å². The van der Waals surface area contributed by atoms with Crippen LogP contribution in [0.25, 0.3) is 0 Å². The van der Waals surface area contributed by atoms with Gasteiger partial charge in [0, 0.05) is 38.8 Å². The van der Waals surface area contributed by atoms with Crippen LogP contribution in [0.2, 0.25) is 0 Å². The summed E-state index contributed by atoms with van der Waals surface area (Å²) in [6.07, 6.45) is 6.26. The van der Waals surface area contributed by atoms with Crippen LogP contribution >= 0.6 is 0 Å². The number of nitrogens with zero attached hydrogens (tertiary/aromatic N) is 3. The maximum Gasteiger partial charge on any atom is 0.207 e. The second-order valence-corrected chi connectivity index (χ2v) is 3.13. The van der Waals surface area contributed by atoms with Crippen molar-refractivity contribution in [3.63, 3.8) is 0 Å². The molecule has 0 fully saturated rings. The number of aromatic nitrogens is 2. The van der Waals surface area contributed by atoms with Gasteiger partial charge >= 0.3 is 0 Å². The molecule has 1 aromatic heterocycles. The molecule has 1 aromatic rings. The molecule has 0 aliphatic heterocycles. The van der Waals surface area contributed by atoms with Crippen molar-refractivity contribution >= 4 is 5.78 Å². The second kappa shape index (κ2) is 4.50. The first-order chi connectivity index (χ1) is 6.61. The summed E-state index contributed by atoms with van der Waals surface area (Å²) in [5.41, 5.74) is 1.06. The first-order valence-electron chi connectivity index (χ1n) is 4.28. The average Bonchev–Trinajstić information content (AvgIpc) is 2.15. The van der Waals surface area contributed by atoms with E-state index in [4.69, 9.17) is 0 Å². The maximum absolute atomic E-state index is 11.6. The van der Waals surface area contributed by atoms with Crippen LogP contribution in [-0.2, 0) is 0 Å². The standard InChI is InChI=1S/C10H13N3O/c1-8-10(12-6-5-11-8)9(14)4-7-13(2)3/h4-7H,1-3H3. The van der Waals surface area contributed by atoms with E-state index in [1.807, 2.05) is 14.1 Å². The van der Waals surface area contributed by atoms with Crippen molar-refractivity contribution in [2.75, 3.05) is 14.1 Å². The number of allylic oxidation sites excluding steroid dienone is 1. The van der Waals surface area contributed by atoms with Gasteiger partial charge < -0.3 is 4.90 Å². The Labute approximate surface area is 83.3 Å². The minimum Gasteiger partial charge on any atom is -0.383 e. The van der Waals surface area contributed by atoms with Crippen LogP contribution in [0.4, 0.5) is 0 Å². The van der Waals surface area contributed by atoms with E-state index in [9.17, 15) is 4.79 Å². The molecule has 0 unspecified atom stereocenters. The number of hydrogen-bond donors (Lipinski definition) is 0. The summed E-state index contributed by atoms with van der Waals surface area (Å²) in [7, 11) is 3.71. The number of aryl methyl sites for hydroxylation is 1. The number of ketones is 1. The summed E-state index contributed by atoms with van der Waals surface area (Å²) in [6.45, 7) is 1.77. The molecule has 4 heteroatoms. The van der Waals surface area contributed by atoms with E-state index < -0.39 is 0 Å². The Kier molecular flexibility index (Phi) is 3.34. The SMILES string of the molecule is Cc1nccnc1C(=O)C=CN(C)C. The van der Waals surface area contributed by atoms with Crippen LogP contribution in [0.5, 0.6) is 0 Å². The second-order valence-electron chi connectivity index (χ2n) is 3.13. The van der Waals surface area contributed by atoms with Crippen LogP contribution in [0.15, 0.2) is 24.7 Å². The molecule has 1 rings (SSSR count). The third-order valence-corrected chi connectivity index (χ3v) is 1.64. The molecule has 0 saturated heterocycles. The Morgan fingerprint density at radius 3 is 2.57 bits per heavy atom. The molecule has 0 spiro atoms. The van der Waals surface area contributed by atoms with Gasteiger partial charge in [-0.15, -0.1) is 0 Å². The maximum atomic E-state index is 11.6. The smallest absolute Gasteiger partial charge is 0.207 e. The summed E-state index contributed by atoms with van der Waals surface area (Å²) in [5.74, 6) is -0.121. The highest BCUT2D eigenvalue weighted by Gasteiger charge is 2.06. The molecule has 0 aliphatic rings. The molecule has 0 amide bonds. The normalized spacial score (nSPS) is 10.5. The van der Waals surface area contributed by atoms with Crippen molar-refractivity contribution in [3.8, 4) is 0 Å². The highest BCUT2D eigenvalue weighted by atomic mass is 16.1. The molecule has 1 heterocycles. The molecule has 74 valence electrons. The van der Waals surface area contributed by atoms with Crippen molar-refractivity contribution in [3.05, 3.63) is 36.1 Å². The third kappa shape index (κ3) is 2.65. The van der Waals surface area contributed by atoms with Gasteiger partial charge in [0.2, 0.25) is 5.78 Å². The highest BCUT2D eigenvalue weighted by Crippen LogP contribution is 2.01. The fraction of sp³-hybridized carbons (Fsp3) is 0.300. The Balaban J connectivity index is 2.85. The summed E-state index contributed by atoms with van der Waals surface area (Å²) in [6, 6.07) is 0. The Bertz CT molecular complexity index is 358. The molecule has 4 nitrogen and oxygen atoms in total. The molecule has 0 aliphatic carbocycles. The van der Waals surface area contributed by atoms with E-state index in [0.29, 0.717) is 11.4 Å². The number of carbonyl (C=O) groups excluding carboxylic acids is 1. The lowest BCUT2D eigenvalue weighted by Crippen LogP contribution is -2.06. The Morgan fingerprint density at radius 2 is 2.00 bits per heavy atom. The van der Waals surface area contributed by atoms with Crippen molar-refractivity contribution < 1.29 is 4.79 Å². The van der Waals surface area contributed by atoms with Gasteiger partial charge in [0.15, 0.2) is 0 Å². The fourth-order valence-electron chi connectivity index (χ4n) is 0.945. The zero-order valence-corrected chi connectivity index (χ0v) is 8.56. The van der Waals surface area contributed by atoms with E-state index in [-0.39, 0.29) is 5.78 Å². The summed E-state index contributed by atoms with van der Waals surface area (Å²) in [4.78, 5) is 21.3. The lowest BCUT2D eigenvalue weighted by atomic mass is 10.2. The van der Waals surface area contributed by atoms with Gasteiger partial charge in [0.1, 0.15) is 5.69 Å². The fourth-order valence-corrected chi connectivity index (χ4v) is 0.945. The Hall–Kier alpha value is -1.71. The van der Waals surface area contributed by atoms with Gasteiger partial charge in [-0.25, -0.2) is 4.98 Å². The quantitative estimate of drug-likeness (QED) is 0.529. The molecule has 0 aromatic carbocycles. The molecular weight excluding hydrogens is 178 g/mol. The van der Waals surface area contributed by atoms with Crippen LogP contribution < -0.4 is 0 Å². The van der Waals surface area contributed by atoms with Crippen molar-refractivity contribution in [1.82, 2.24) is 14.9 Å². The van der Waals surface area contributed by atoms with E-state index >= 15 is 0 Å². The van der Waals surface area contributed by atoms with Gasteiger partial charge in [-0.2, -0.15) is 0 Å². The lowest BCUT2D eigenvalue weighted by Gasteiger charge is -2.03. The molecule has 0 atom stereocenters. The van der Waals surface area contributed by atoms with Crippen LogP contribution in [0, 0.1) is 6.92 Å². The molecule has 14 heavy (non-hydrogen) atoms. The van der Waals surface area contributed by atoms with Gasteiger partial charge in [-0.3, -0.25) is 9.78 Å². The van der Waals surface area contributed by atoms with E-state index in [1.54, 1.807) is 24.2 Å². The topological polar surface area (TPSA) is 46.1 Å². The predicted molar refractivity (Wildman–Crippen MR) is 53.9 cm³/mol. The van der Waals surface area contributed by atoms with Gasteiger partial charge in [0.05, 0.1) is 5.69 Å². The molecule has 0 bridgehead atoms. The monoisotopic (exact) mass is 191 g/mol. The van der Waals surface area contributed by atoms with Crippen LogP contribution in [0.1, 0.15) is 16.2 Å². The van der Waals surface area contributed by atoms with Gasteiger partial charge in [0.25, 0.3) is 0 Å². The average molecular weight is 191 g/mol. The summed E-state index contributed by atoms with van der Waals surface area (Å²) < 4.78 is 0. The molecular formula is C10H13N3O. The number of hydrogen-bond acceptors (Lipinski definition) is 4. The number of carbonyl (C=O) groups is 1. The largest absolute Gasteiger partial charge is 0.383 e. The minimum atomic E-state index is -0.121. The zero-order chi connectivity index (χ0) is 10.6. The van der Waals surface area contributed by atoms with Crippen molar-refractivity contribution in [2.24, 2.45) is 0 Å². The van der Waals surface area contributed by atoms with E-state index in [0.717, 1.165) is 0 Å². The first kappa shape index (κ1) is 10.4. The van der Waals surface area contributed by atoms with E-state index in [2.05, 4.69) is 9.97 Å². The molecule has 0 N–H and O–H groups in total. The van der Waals surface area contributed by atoms with E-state index in [1.165, 1.54) is 12.3 Å². The lowest BCUT2D eigenvalue weighted by molar-refractivity contribution is 0.104. The molecule has 0 saturated carbocycles.